The summed E-state index contributed by atoms with van der Waals surface area (Å²) in [6.45, 7) is 2.66. The number of ether oxygens (including phenoxy) is 1. The molecule has 1 N–H and O–H groups in total. The van der Waals surface area contributed by atoms with Gasteiger partial charge in [0.05, 0.1) is 18.5 Å². The minimum atomic E-state index is -0.394. The lowest BCUT2D eigenvalue weighted by Gasteiger charge is -2.05. The van der Waals surface area contributed by atoms with Crippen LogP contribution in [0.1, 0.15) is 12.5 Å². The van der Waals surface area contributed by atoms with Gasteiger partial charge in [-0.2, -0.15) is 0 Å². The second kappa shape index (κ2) is 6.52. The van der Waals surface area contributed by atoms with Crippen LogP contribution in [-0.4, -0.2) is 23.3 Å². The lowest BCUT2D eigenvalue weighted by atomic mass is 10.0. The van der Waals surface area contributed by atoms with Crippen molar-refractivity contribution in [2.24, 2.45) is 0 Å². The summed E-state index contributed by atoms with van der Waals surface area (Å²) in [4.78, 5) is 28.2. The third-order valence-electron chi connectivity index (χ3n) is 3.91. The Labute approximate surface area is 137 Å². The van der Waals surface area contributed by atoms with E-state index in [0.29, 0.717) is 16.8 Å². The molecule has 0 radical (unpaired) electrons. The largest absolute Gasteiger partial charge is 0.383 e. The molecule has 1 aromatic carbocycles. The van der Waals surface area contributed by atoms with E-state index in [4.69, 9.17) is 4.74 Å². The maximum Gasteiger partial charge on any atom is 0.329 e. The highest BCUT2D eigenvalue weighted by Crippen LogP contribution is 2.30. The topological polar surface area (TPSA) is 64.1 Å². The highest BCUT2D eigenvalue weighted by atomic mass is 32.1. The van der Waals surface area contributed by atoms with Gasteiger partial charge in [0.1, 0.15) is 4.83 Å². The molecule has 0 spiro atoms. The number of thiophene rings is 1. The van der Waals surface area contributed by atoms with Gasteiger partial charge in [-0.05, 0) is 17.5 Å². The number of nitrogens with zero attached hydrogens (tertiary/aromatic N) is 1. The Kier molecular flexibility index (Phi) is 4.45. The van der Waals surface area contributed by atoms with Crippen molar-refractivity contribution < 1.29 is 4.74 Å². The smallest absolute Gasteiger partial charge is 0.329 e. The quantitative estimate of drug-likeness (QED) is 0.782. The predicted molar refractivity (Wildman–Crippen MR) is 93.4 cm³/mol. The van der Waals surface area contributed by atoms with Gasteiger partial charge in [0.15, 0.2) is 0 Å². The van der Waals surface area contributed by atoms with Crippen LogP contribution < -0.4 is 11.2 Å². The summed E-state index contributed by atoms with van der Waals surface area (Å²) in [7, 11) is 1.54. The average Bonchev–Trinajstić information content (AvgIpc) is 2.98. The molecule has 0 atom stereocenters. The Morgan fingerprint density at radius 1 is 1.22 bits per heavy atom. The number of aromatic nitrogens is 2. The maximum absolute atomic E-state index is 12.7. The number of benzene rings is 1. The van der Waals surface area contributed by atoms with Crippen molar-refractivity contribution in [1.29, 1.82) is 0 Å². The van der Waals surface area contributed by atoms with E-state index < -0.39 is 5.69 Å². The minimum absolute atomic E-state index is 0.241. The zero-order valence-corrected chi connectivity index (χ0v) is 13.9. The number of fused-ring (bicyclic) bond motifs is 1. The maximum atomic E-state index is 12.7. The number of aryl methyl sites for hydroxylation is 1. The molecule has 5 nitrogen and oxygen atoms in total. The number of hydrogen-bond acceptors (Lipinski definition) is 4. The Balaban J connectivity index is 2.18. The van der Waals surface area contributed by atoms with Crippen LogP contribution in [0.5, 0.6) is 0 Å². The van der Waals surface area contributed by atoms with Crippen molar-refractivity contribution in [2.75, 3.05) is 13.7 Å². The molecule has 0 unspecified atom stereocenters. The van der Waals surface area contributed by atoms with Gasteiger partial charge in [-0.3, -0.25) is 14.3 Å². The Morgan fingerprint density at radius 2 is 1.96 bits per heavy atom. The predicted octanol–water partition coefficient (Wildman–Crippen LogP) is 2.63. The minimum Gasteiger partial charge on any atom is -0.383 e. The van der Waals surface area contributed by atoms with Gasteiger partial charge in [0.25, 0.3) is 5.56 Å². The number of nitrogens with one attached hydrogen (secondary N) is 1. The third kappa shape index (κ3) is 2.87. The average molecular weight is 330 g/mol. The molecule has 6 heteroatoms. The molecule has 0 aliphatic heterocycles. The van der Waals surface area contributed by atoms with Gasteiger partial charge in [-0.25, -0.2) is 4.79 Å². The molecule has 0 saturated carbocycles. The first kappa shape index (κ1) is 15.7. The van der Waals surface area contributed by atoms with Crippen molar-refractivity contribution in [1.82, 2.24) is 9.55 Å². The van der Waals surface area contributed by atoms with E-state index >= 15 is 0 Å². The molecule has 2 aromatic heterocycles. The molecular formula is C17H18N2O3S. The van der Waals surface area contributed by atoms with Crippen LogP contribution in [0.2, 0.25) is 0 Å². The van der Waals surface area contributed by atoms with Gasteiger partial charge in [-0.1, -0.05) is 31.2 Å². The summed E-state index contributed by atoms with van der Waals surface area (Å²) in [5.74, 6) is 0. The summed E-state index contributed by atoms with van der Waals surface area (Å²) in [5, 5.41) is 2.49. The van der Waals surface area contributed by atoms with Gasteiger partial charge in [0.2, 0.25) is 0 Å². The zero-order valence-electron chi connectivity index (χ0n) is 13.1. The van der Waals surface area contributed by atoms with Crippen LogP contribution in [0.4, 0.5) is 0 Å². The summed E-state index contributed by atoms with van der Waals surface area (Å²) >= 11 is 1.38. The summed E-state index contributed by atoms with van der Waals surface area (Å²) in [6, 6.07) is 8.16. The molecule has 2 heterocycles. The lowest BCUT2D eigenvalue weighted by molar-refractivity contribution is 0.185. The zero-order chi connectivity index (χ0) is 16.4. The number of H-pyrrole nitrogens is 1. The number of hydrogen-bond donors (Lipinski definition) is 1. The highest BCUT2D eigenvalue weighted by molar-refractivity contribution is 7.17. The second-order valence-electron chi connectivity index (χ2n) is 5.28. The van der Waals surface area contributed by atoms with E-state index in [2.05, 4.69) is 24.0 Å². The molecule has 120 valence electrons. The van der Waals surface area contributed by atoms with Gasteiger partial charge < -0.3 is 4.74 Å². The van der Waals surface area contributed by atoms with E-state index in [1.807, 2.05) is 17.5 Å². The lowest BCUT2D eigenvalue weighted by Crippen LogP contribution is -2.35. The molecule has 0 saturated heterocycles. The van der Waals surface area contributed by atoms with Crippen molar-refractivity contribution >= 4 is 21.6 Å². The van der Waals surface area contributed by atoms with Crippen LogP contribution in [0.25, 0.3) is 21.3 Å². The van der Waals surface area contributed by atoms with E-state index in [9.17, 15) is 9.59 Å². The molecule has 0 aliphatic carbocycles. The van der Waals surface area contributed by atoms with Gasteiger partial charge in [-0.15, -0.1) is 11.3 Å². The molecule has 23 heavy (non-hydrogen) atoms. The Hall–Kier alpha value is -2.18. The van der Waals surface area contributed by atoms with Crippen LogP contribution in [0.3, 0.4) is 0 Å². The van der Waals surface area contributed by atoms with E-state index in [-0.39, 0.29) is 12.1 Å². The van der Waals surface area contributed by atoms with Crippen LogP contribution in [0, 0.1) is 0 Å². The number of rotatable bonds is 5. The second-order valence-corrected chi connectivity index (χ2v) is 6.16. The third-order valence-corrected chi connectivity index (χ3v) is 4.80. The van der Waals surface area contributed by atoms with Gasteiger partial charge >= 0.3 is 5.69 Å². The first-order chi connectivity index (χ1) is 11.2. The van der Waals surface area contributed by atoms with E-state index in [1.54, 1.807) is 7.11 Å². The summed E-state index contributed by atoms with van der Waals surface area (Å²) in [6.07, 6.45) is 0.974. The van der Waals surface area contributed by atoms with E-state index in [1.165, 1.54) is 21.5 Å². The molecule has 3 aromatic rings. The molecule has 3 rings (SSSR count). The monoisotopic (exact) mass is 330 g/mol. The molecule has 0 bridgehead atoms. The van der Waals surface area contributed by atoms with Crippen molar-refractivity contribution in [3.63, 3.8) is 0 Å². The van der Waals surface area contributed by atoms with Crippen LogP contribution in [-0.2, 0) is 17.7 Å². The molecular weight excluding hydrogens is 312 g/mol. The fourth-order valence-electron chi connectivity index (χ4n) is 2.57. The van der Waals surface area contributed by atoms with Crippen molar-refractivity contribution in [3.05, 3.63) is 56.0 Å². The summed E-state index contributed by atoms with van der Waals surface area (Å²) < 4.78 is 6.18. The molecule has 0 amide bonds. The van der Waals surface area contributed by atoms with Gasteiger partial charge in [0, 0.05) is 18.1 Å². The van der Waals surface area contributed by atoms with Crippen molar-refractivity contribution in [2.45, 2.75) is 19.9 Å². The summed E-state index contributed by atoms with van der Waals surface area (Å²) in [5.41, 5.74) is 2.43. The molecule has 0 fully saturated rings. The van der Waals surface area contributed by atoms with Crippen LogP contribution in [0.15, 0.2) is 39.2 Å². The fourth-order valence-corrected chi connectivity index (χ4v) is 3.52. The standard InChI is InChI=1S/C17H18N2O3S/c1-3-11-4-6-12(7-5-11)13-10-23-15-14(13)16(20)19(8-9-22-2)17(21)18-15/h4-7,10H,3,8-9H2,1-2H3,(H,18,21). The fraction of sp³-hybridized carbons (Fsp3) is 0.294. The highest BCUT2D eigenvalue weighted by Gasteiger charge is 2.14. The number of aromatic amines is 1. The van der Waals surface area contributed by atoms with Crippen molar-refractivity contribution in [3.8, 4) is 11.1 Å². The first-order valence-electron chi connectivity index (χ1n) is 7.48. The van der Waals surface area contributed by atoms with Crippen LogP contribution >= 0.6 is 11.3 Å². The first-order valence-corrected chi connectivity index (χ1v) is 8.36. The Morgan fingerprint density at radius 3 is 2.61 bits per heavy atom. The van der Waals surface area contributed by atoms with E-state index in [0.717, 1.165) is 17.5 Å². The Bertz CT molecular complexity index is 935. The molecule has 0 aliphatic rings. The normalized spacial score (nSPS) is 11.2. The number of methoxy groups -OCH3 is 1. The SMILES string of the molecule is CCc1ccc(-c2csc3[nH]c(=O)n(CCOC)c(=O)c23)cc1.